The molecule has 0 spiro atoms. The number of carbonyl (C=O) groups excluding carboxylic acids is 1. The van der Waals surface area contributed by atoms with Crippen molar-refractivity contribution in [1.29, 1.82) is 0 Å². The van der Waals surface area contributed by atoms with Crippen molar-refractivity contribution in [2.45, 2.75) is 20.8 Å². The zero-order chi connectivity index (χ0) is 16.8. The number of anilines is 2. The van der Waals surface area contributed by atoms with Gasteiger partial charge in [0.25, 0.3) is 5.91 Å². The van der Waals surface area contributed by atoms with E-state index in [9.17, 15) is 4.79 Å². The third kappa shape index (κ3) is 4.16. The van der Waals surface area contributed by atoms with E-state index in [2.05, 4.69) is 5.32 Å². The predicted octanol–water partition coefficient (Wildman–Crippen LogP) is 3.63. The van der Waals surface area contributed by atoms with Crippen LogP contribution in [0.25, 0.3) is 0 Å². The maximum atomic E-state index is 12.4. The summed E-state index contributed by atoms with van der Waals surface area (Å²) in [6, 6.07) is 10.7. The molecule has 0 aliphatic carbocycles. The molecule has 2 aromatic carbocycles. The molecular formula is C18H22N2O3. The molecule has 0 saturated heterocycles. The molecule has 3 N–H and O–H groups in total. The fourth-order valence-electron chi connectivity index (χ4n) is 2.21. The number of nitrogens with two attached hydrogens (primary N) is 1. The molecule has 0 fully saturated rings. The summed E-state index contributed by atoms with van der Waals surface area (Å²) >= 11 is 0. The number of benzene rings is 2. The second-order valence-electron chi connectivity index (χ2n) is 5.08. The van der Waals surface area contributed by atoms with Gasteiger partial charge in [-0.05, 0) is 32.9 Å². The van der Waals surface area contributed by atoms with Gasteiger partial charge in [0, 0.05) is 17.7 Å². The molecule has 2 aromatic rings. The van der Waals surface area contributed by atoms with E-state index in [4.69, 9.17) is 15.2 Å². The van der Waals surface area contributed by atoms with E-state index in [0.29, 0.717) is 41.7 Å². The first kappa shape index (κ1) is 16.7. The molecule has 5 nitrogen and oxygen atoms in total. The Kier molecular flexibility index (Phi) is 5.46. The Labute approximate surface area is 136 Å². The Bertz CT molecular complexity index is 699. The molecule has 5 heteroatoms. The van der Waals surface area contributed by atoms with Gasteiger partial charge in [0.05, 0.1) is 24.6 Å². The molecule has 122 valence electrons. The maximum Gasteiger partial charge on any atom is 0.255 e. The van der Waals surface area contributed by atoms with Gasteiger partial charge in [0.1, 0.15) is 11.5 Å². The van der Waals surface area contributed by atoms with E-state index in [1.54, 1.807) is 18.2 Å². The van der Waals surface area contributed by atoms with E-state index in [-0.39, 0.29) is 5.91 Å². The third-order valence-electron chi connectivity index (χ3n) is 3.24. The first-order chi connectivity index (χ1) is 11.0. The number of amides is 1. The number of hydrogen-bond acceptors (Lipinski definition) is 4. The van der Waals surface area contributed by atoms with Crippen LogP contribution >= 0.6 is 0 Å². The van der Waals surface area contributed by atoms with Gasteiger partial charge in [-0.1, -0.05) is 17.7 Å². The van der Waals surface area contributed by atoms with E-state index in [0.717, 1.165) is 5.56 Å². The van der Waals surface area contributed by atoms with Crippen LogP contribution in [0, 0.1) is 6.92 Å². The number of aryl methyl sites for hydroxylation is 1. The van der Waals surface area contributed by atoms with Gasteiger partial charge in [-0.25, -0.2) is 0 Å². The molecule has 2 rings (SSSR count). The van der Waals surface area contributed by atoms with Gasteiger partial charge in [-0.2, -0.15) is 0 Å². The first-order valence-electron chi connectivity index (χ1n) is 7.62. The maximum absolute atomic E-state index is 12.4. The van der Waals surface area contributed by atoms with Crippen LogP contribution in [-0.4, -0.2) is 19.1 Å². The smallest absolute Gasteiger partial charge is 0.255 e. The molecular weight excluding hydrogens is 292 g/mol. The van der Waals surface area contributed by atoms with Gasteiger partial charge < -0.3 is 20.5 Å². The zero-order valence-electron chi connectivity index (χ0n) is 13.7. The van der Waals surface area contributed by atoms with Crippen molar-refractivity contribution in [1.82, 2.24) is 0 Å². The van der Waals surface area contributed by atoms with E-state index >= 15 is 0 Å². The summed E-state index contributed by atoms with van der Waals surface area (Å²) in [5.74, 6) is 0.840. The van der Waals surface area contributed by atoms with Gasteiger partial charge in [-0.15, -0.1) is 0 Å². The first-order valence-corrected chi connectivity index (χ1v) is 7.62. The Morgan fingerprint density at radius 3 is 2.43 bits per heavy atom. The second-order valence-corrected chi connectivity index (χ2v) is 5.08. The van der Waals surface area contributed by atoms with Gasteiger partial charge in [0.15, 0.2) is 0 Å². The summed E-state index contributed by atoms with van der Waals surface area (Å²) in [5.41, 5.74) is 8.57. The zero-order valence-corrected chi connectivity index (χ0v) is 13.7. The SMILES string of the molecule is CCOc1cc(NC(=O)c2cccc(C)c2)c(OCC)cc1N. The molecule has 0 aliphatic heterocycles. The van der Waals surface area contributed by atoms with E-state index < -0.39 is 0 Å². The summed E-state index contributed by atoms with van der Waals surface area (Å²) in [5, 5.41) is 2.87. The Morgan fingerprint density at radius 1 is 1.09 bits per heavy atom. The summed E-state index contributed by atoms with van der Waals surface area (Å²) in [4.78, 5) is 12.4. The van der Waals surface area contributed by atoms with Crippen LogP contribution in [0.15, 0.2) is 36.4 Å². The molecule has 0 bridgehead atoms. The predicted molar refractivity (Wildman–Crippen MR) is 92.3 cm³/mol. The summed E-state index contributed by atoms with van der Waals surface area (Å²) in [6.45, 7) is 6.66. The van der Waals surface area contributed by atoms with Crippen molar-refractivity contribution in [3.8, 4) is 11.5 Å². The van der Waals surface area contributed by atoms with Gasteiger partial charge in [-0.3, -0.25) is 4.79 Å². The molecule has 0 atom stereocenters. The van der Waals surface area contributed by atoms with Crippen molar-refractivity contribution in [2.75, 3.05) is 24.3 Å². The number of nitrogen functional groups attached to an aromatic ring is 1. The lowest BCUT2D eigenvalue weighted by molar-refractivity contribution is 0.102. The van der Waals surface area contributed by atoms with Crippen molar-refractivity contribution in [3.05, 3.63) is 47.5 Å². The molecule has 0 aromatic heterocycles. The molecule has 0 heterocycles. The minimum Gasteiger partial charge on any atom is -0.492 e. The molecule has 23 heavy (non-hydrogen) atoms. The quantitative estimate of drug-likeness (QED) is 0.799. The standard InChI is InChI=1S/C18H22N2O3/c1-4-22-16-11-15(17(23-5-2)10-14(16)19)20-18(21)13-8-6-7-12(3)9-13/h6-11H,4-5,19H2,1-3H3,(H,20,21). The molecule has 0 radical (unpaired) electrons. The van der Waals surface area contributed by atoms with Crippen LogP contribution in [0.1, 0.15) is 29.8 Å². The molecule has 0 saturated carbocycles. The van der Waals surface area contributed by atoms with Crippen LogP contribution in [0.2, 0.25) is 0 Å². The highest BCUT2D eigenvalue weighted by Crippen LogP contribution is 2.35. The largest absolute Gasteiger partial charge is 0.492 e. The van der Waals surface area contributed by atoms with Crippen LogP contribution in [0.5, 0.6) is 11.5 Å². The molecule has 1 amide bonds. The van der Waals surface area contributed by atoms with Crippen molar-refractivity contribution in [2.24, 2.45) is 0 Å². The van der Waals surface area contributed by atoms with Crippen molar-refractivity contribution < 1.29 is 14.3 Å². The van der Waals surface area contributed by atoms with Gasteiger partial charge in [0.2, 0.25) is 0 Å². The average molecular weight is 314 g/mol. The second kappa shape index (κ2) is 7.54. The number of hydrogen-bond donors (Lipinski definition) is 2. The number of ether oxygens (including phenoxy) is 2. The highest BCUT2D eigenvalue weighted by atomic mass is 16.5. The lowest BCUT2D eigenvalue weighted by Crippen LogP contribution is -2.13. The third-order valence-corrected chi connectivity index (χ3v) is 3.24. The highest BCUT2D eigenvalue weighted by Gasteiger charge is 2.14. The van der Waals surface area contributed by atoms with Gasteiger partial charge >= 0.3 is 0 Å². The molecule has 0 unspecified atom stereocenters. The summed E-state index contributed by atoms with van der Waals surface area (Å²) < 4.78 is 11.0. The fraction of sp³-hybridized carbons (Fsp3) is 0.278. The lowest BCUT2D eigenvalue weighted by atomic mass is 10.1. The molecule has 0 aliphatic rings. The Hall–Kier alpha value is -2.69. The van der Waals surface area contributed by atoms with Crippen LogP contribution < -0.4 is 20.5 Å². The van der Waals surface area contributed by atoms with Crippen molar-refractivity contribution in [3.63, 3.8) is 0 Å². The number of nitrogens with one attached hydrogen (secondary N) is 1. The lowest BCUT2D eigenvalue weighted by Gasteiger charge is -2.15. The van der Waals surface area contributed by atoms with Crippen LogP contribution in [-0.2, 0) is 0 Å². The van der Waals surface area contributed by atoms with Crippen LogP contribution in [0.3, 0.4) is 0 Å². The Balaban J connectivity index is 2.32. The minimum absolute atomic E-state index is 0.207. The summed E-state index contributed by atoms with van der Waals surface area (Å²) in [7, 11) is 0. The van der Waals surface area contributed by atoms with Crippen molar-refractivity contribution >= 4 is 17.3 Å². The summed E-state index contributed by atoms with van der Waals surface area (Å²) in [6.07, 6.45) is 0. The van der Waals surface area contributed by atoms with E-state index in [1.165, 1.54) is 0 Å². The van der Waals surface area contributed by atoms with Crippen LogP contribution in [0.4, 0.5) is 11.4 Å². The fourth-order valence-corrected chi connectivity index (χ4v) is 2.21. The Morgan fingerprint density at radius 2 is 1.78 bits per heavy atom. The topological polar surface area (TPSA) is 73.6 Å². The number of carbonyl (C=O) groups is 1. The average Bonchev–Trinajstić information content (AvgIpc) is 2.52. The number of rotatable bonds is 6. The minimum atomic E-state index is -0.207. The monoisotopic (exact) mass is 314 g/mol. The highest BCUT2D eigenvalue weighted by molar-refractivity contribution is 6.05. The van der Waals surface area contributed by atoms with E-state index in [1.807, 2.05) is 39.0 Å². The normalized spacial score (nSPS) is 10.2.